The number of ether oxygens (including phenoxy) is 4. The maximum Gasteiger partial charge on any atom is 0.384 e. The second-order valence-corrected chi connectivity index (χ2v) is 8.70. The van der Waals surface area contributed by atoms with Crippen molar-refractivity contribution in [3.63, 3.8) is 0 Å². The van der Waals surface area contributed by atoms with Gasteiger partial charge in [0.05, 0.1) is 18.3 Å². The van der Waals surface area contributed by atoms with Gasteiger partial charge in [0, 0.05) is 25.9 Å². The van der Waals surface area contributed by atoms with Gasteiger partial charge in [-0.25, -0.2) is 4.79 Å². The first-order valence-electron chi connectivity index (χ1n) is 11.7. The van der Waals surface area contributed by atoms with Crippen molar-refractivity contribution < 1.29 is 28.8 Å². The molecule has 6 heteroatoms. The van der Waals surface area contributed by atoms with Crippen molar-refractivity contribution in [3.8, 4) is 11.8 Å². The molecule has 6 atom stereocenters. The van der Waals surface area contributed by atoms with Gasteiger partial charge < -0.3 is 24.1 Å². The molecule has 0 aromatic carbocycles. The maximum atomic E-state index is 12.3. The summed E-state index contributed by atoms with van der Waals surface area (Å²) < 4.78 is 22.5. The minimum atomic E-state index is -0.935. The molecule has 2 bridgehead atoms. The van der Waals surface area contributed by atoms with Gasteiger partial charge >= 0.3 is 5.97 Å². The number of cyclic esters (lactones) is 1. The van der Waals surface area contributed by atoms with Gasteiger partial charge in [-0.2, -0.15) is 0 Å². The van der Waals surface area contributed by atoms with Gasteiger partial charge in [0.2, 0.25) is 0 Å². The fraction of sp³-hybridized carbons (Fsp3) is 0.593. The Balaban J connectivity index is 2.21. The van der Waals surface area contributed by atoms with Crippen molar-refractivity contribution in [1.29, 1.82) is 0 Å². The van der Waals surface area contributed by atoms with Crippen molar-refractivity contribution in [2.45, 2.75) is 82.9 Å². The highest BCUT2D eigenvalue weighted by Gasteiger charge is 2.22. The molecule has 1 N–H and O–H groups in total. The monoisotopic (exact) mass is 458 g/mol. The molecular weight excluding hydrogens is 420 g/mol. The van der Waals surface area contributed by atoms with Crippen LogP contribution in [0.3, 0.4) is 0 Å². The average Bonchev–Trinajstić information content (AvgIpc) is 2.76. The highest BCUT2D eigenvalue weighted by Crippen LogP contribution is 2.26. The van der Waals surface area contributed by atoms with E-state index in [4.69, 9.17) is 18.9 Å². The number of aliphatic hydroxyl groups excluding tert-OH is 1. The predicted octanol–water partition coefficient (Wildman–Crippen LogP) is 4.25. The lowest BCUT2D eigenvalue weighted by molar-refractivity contribution is -0.145. The lowest BCUT2D eigenvalue weighted by Gasteiger charge is -2.28. The minimum Gasteiger partial charge on any atom is -0.449 e. The van der Waals surface area contributed by atoms with Crippen LogP contribution in [-0.2, 0) is 23.7 Å². The Kier molecular flexibility index (Phi) is 12.2. The number of esters is 1. The van der Waals surface area contributed by atoms with E-state index in [0.29, 0.717) is 25.2 Å². The van der Waals surface area contributed by atoms with Gasteiger partial charge in [0.1, 0.15) is 19.0 Å². The van der Waals surface area contributed by atoms with Crippen molar-refractivity contribution in [2.24, 2.45) is 5.92 Å². The van der Waals surface area contributed by atoms with E-state index in [1.807, 2.05) is 18.2 Å². The van der Waals surface area contributed by atoms with Gasteiger partial charge in [0.25, 0.3) is 0 Å². The third-order valence-corrected chi connectivity index (χ3v) is 5.55. The van der Waals surface area contributed by atoms with Crippen LogP contribution in [0.15, 0.2) is 48.6 Å². The molecule has 2 rings (SSSR count). The SMILES string of the molecule is C=C1C[C@H](C)C[C@@H]2CC=C[C@@H](CC#CC(=O)O[C@H]([C@@H](O)/C=C/C)CC=C[C@@H](OCOC)C1)O2. The molecule has 0 saturated heterocycles. The lowest BCUT2D eigenvalue weighted by atomic mass is 9.91. The van der Waals surface area contributed by atoms with Crippen molar-refractivity contribution in [2.75, 3.05) is 13.9 Å². The van der Waals surface area contributed by atoms with E-state index in [9.17, 15) is 9.90 Å². The maximum absolute atomic E-state index is 12.3. The second kappa shape index (κ2) is 14.9. The molecule has 0 aromatic rings. The van der Waals surface area contributed by atoms with Crippen LogP contribution in [0.4, 0.5) is 0 Å². The summed E-state index contributed by atoms with van der Waals surface area (Å²) in [5.74, 6) is 5.15. The van der Waals surface area contributed by atoms with Crippen LogP contribution in [0.5, 0.6) is 0 Å². The first-order valence-corrected chi connectivity index (χ1v) is 11.7. The molecule has 182 valence electrons. The first kappa shape index (κ1) is 27.1. The Morgan fingerprint density at radius 3 is 2.85 bits per heavy atom. The van der Waals surface area contributed by atoms with Crippen LogP contribution in [0.1, 0.15) is 52.4 Å². The van der Waals surface area contributed by atoms with Crippen LogP contribution in [-0.4, -0.2) is 55.5 Å². The molecule has 2 heterocycles. The fourth-order valence-corrected chi connectivity index (χ4v) is 4.06. The van der Waals surface area contributed by atoms with Gasteiger partial charge in [-0.05, 0) is 38.5 Å². The summed E-state index contributed by atoms with van der Waals surface area (Å²) >= 11 is 0. The molecule has 2 aliphatic heterocycles. The Morgan fingerprint density at radius 2 is 2.09 bits per heavy atom. The number of aliphatic hydroxyl groups is 1. The van der Waals surface area contributed by atoms with Crippen molar-refractivity contribution in [3.05, 3.63) is 48.6 Å². The average molecular weight is 459 g/mol. The quantitative estimate of drug-likeness (QED) is 0.218. The molecule has 0 saturated carbocycles. The molecule has 2 aliphatic rings. The van der Waals surface area contributed by atoms with E-state index in [0.717, 1.165) is 24.8 Å². The molecule has 0 unspecified atom stereocenters. The Hall–Kier alpha value is -2.17. The standard InChI is InChI=1S/C27H38O6/c1-5-9-25(28)26-14-7-12-23(31-19-30-4)17-20(2)16-21(3)18-24-13-6-10-22(32-24)11-8-15-27(29)33-26/h5-7,9-10,12,21-26,28H,2,11,13-14,16-19H2,1,3-4H3/b9-5+,12-7?/t21-,22-,23+,24-,25-,26-/m0/s1. The smallest absolute Gasteiger partial charge is 0.384 e. The number of carbonyl (C=O) groups excluding carboxylic acids is 1. The number of fused-ring (bicyclic) bond motifs is 2. The number of carbonyl (C=O) groups is 1. The Morgan fingerprint density at radius 1 is 1.30 bits per heavy atom. The summed E-state index contributed by atoms with van der Waals surface area (Å²) in [7, 11) is 1.58. The summed E-state index contributed by atoms with van der Waals surface area (Å²) in [5, 5.41) is 10.4. The second-order valence-electron chi connectivity index (χ2n) is 8.70. The molecular formula is C27H38O6. The number of hydrogen-bond acceptors (Lipinski definition) is 6. The van der Waals surface area contributed by atoms with Crippen LogP contribution < -0.4 is 0 Å². The predicted molar refractivity (Wildman–Crippen MR) is 128 cm³/mol. The lowest BCUT2D eigenvalue weighted by Crippen LogP contribution is -2.29. The van der Waals surface area contributed by atoms with Crippen LogP contribution in [0.25, 0.3) is 0 Å². The van der Waals surface area contributed by atoms with Gasteiger partial charge in [-0.3, -0.25) is 0 Å². The molecule has 33 heavy (non-hydrogen) atoms. The van der Waals surface area contributed by atoms with E-state index in [2.05, 4.69) is 31.4 Å². The number of methoxy groups -OCH3 is 1. The van der Waals surface area contributed by atoms with Gasteiger partial charge in [-0.15, -0.1) is 0 Å². The van der Waals surface area contributed by atoms with Crippen molar-refractivity contribution >= 4 is 5.97 Å². The van der Waals surface area contributed by atoms with Gasteiger partial charge in [-0.1, -0.05) is 61.5 Å². The van der Waals surface area contributed by atoms with E-state index in [1.54, 1.807) is 26.2 Å². The molecule has 0 aromatic heterocycles. The summed E-state index contributed by atoms with van der Waals surface area (Å²) in [4.78, 5) is 12.3. The fourth-order valence-electron chi connectivity index (χ4n) is 4.06. The highest BCUT2D eigenvalue weighted by atomic mass is 16.7. The Bertz CT molecular complexity index is 771. The minimum absolute atomic E-state index is 0.122. The largest absolute Gasteiger partial charge is 0.449 e. The van der Waals surface area contributed by atoms with E-state index in [1.165, 1.54) is 0 Å². The topological polar surface area (TPSA) is 74.2 Å². The number of rotatable bonds is 5. The third-order valence-electron chi connectivity index (χ3n) is 5.55. The molecule has 6 nitrogen and oxygen atoms in total. The zero-order chi connectivity index (χ0) is 24.1. The summed E-state index contributed by atoms with van der Waals surface area (Å²) in [6.45, 7) is 8.44. The Labute approximate surface area is 198 Å². The van der Waals surface area contributed by atoms with E-state index < -0.39 is 18.2 Å². The van der Waals surface area contributed by atoms with E-state index in [-0.39, 0.29) is 25.1 Å². The first-order chi connectivity index (χ1) is 15.9. The molecule has 0 radical (unpaired) electrons. The highest BCUT2D eigenvalue weighted by molar-refractivity contribution is 5.88. The molecule has 0 amide bonds. The van der Waals surface area contributed by atoms with Crippen LogP contribution >= 0.6 is 0 Å². The zero-order valence-electron chi connectivity index (χ0n) is 20.1. The molecule has 0 aliphatic carbocycles. The van der Waals surface area contributed by atoms with Crippen LogP contribution in [0, 0.1) is 17.8 Å². The van der Waals surface area contributed by atoms with Crippen LogP contribution in [0.2, 0.25) is 0 Å². The summed E-state index contributed by atoms with van der Waals surface area (Å²) in [6, 6.07) is 0. The van der Waals surface area contributed by atoms with Gasteiger partial charge in [0.15, 0.2) is 0 Å². The third kappa shape index (κ3) is 10.5. The summed E-state index contributed by atoms with van der Waals surface area (Å²) in [5.41, 5.74) is 1.10. The molecule has 0 spiro atoms. The molecule has 0 fully saturated rings. The number of hydrogen-bond donors (Lipinski definition) is 1. The normalized spacial score (nSPS) is 30.7. The summed E-state index contributed by atoms with van der Waals surface area (Å²) in [6.07, 6.45) is 13.4. The zero-order valence-corrected chi connectivity index (χ0v) is 20.1. The number of allylic oxidation sites excluding steroid dienone is 1. The van der Waals surface area contributed by atoms with Crippen molar-refractivity contribution in [1.82, 2.24) is 0 Å². The van der Waals surface area contributed by atoms with E-state index >= 15 is 0 Å².